The van der Waals surface area contributed by atoms with Crippen LogP contribution in [0.4, 0.5) is 5.88 Å². The summed E-state index contributed by atoms with van der Waals surface area (Å²) in [6.07, 6.45) is 1.28. The molecule has 7 heteroatoms. The summed E-state index contributed by atoms with van der Waals surface area (Å²) >= 11 is 0. The van der Waals surface area contributed by atoms with Gasteiger partial charge in [0, 0.05) is 38.7 Å². The third-order valence-electron chi connectivity index (χ3n) is 4.94. The number of hydrogen-bond donors (Lipinski definition) is 1. The number of aromatic nitrogens is 1. The Morgan fingerprint density at radius 1 is 1.19 bits per heavy atom. The van der Waals surface area contributed by atoms with Gasteiger partial charge in [-0.25, -0.2) is 0 Å². The Morgan fingerprint density at radius 2 is 1.89 bits per heavy atom. The largest absolute Gasteiger partial charge is 0.340 e. The van der Waals surface area contributed by atoms with E-state index in [2.05, 4.69) is 15.4 Å². The van der Waals surface area contributed by atoms with Crippen molar-refractivity contribution in [1.29, 1.82) is 0 Å². The lowest BCUT2D eigenvalue weighted by Gasteiger charge is -2.37. The minimum atomic E-state index is -0.294. The molecular formula is C20H26N4O3. The summed E-state index contributed by atoms with van der Waals surface area (Å²) in [5, 5.41) is 6.50. The minimum Gasteiger partial charge on any atom is -0.340 e. The maximum atomic E-state index is 12.4. The molecule has 1 atom stereocenters. The number of nitrogens with one attached hydrogen (secondary N) is 1. The van der Waals surface area contributed by atoms with E-state index in [1.54, 1.807) is 13.0 Å². The molecule has 2 amide bonds. The van der Waals surface area contributed by atoms with Crippen molar-refractivity contribution < 1.29 is 14.1 Å². The molecule has 0 unspecified atom stereocenters. The number of rotatable bonds is 6. The lowest BCUT2D eigenvalue weighted by molar-refractivity contribution is -0.133. The summed E-state index contributed by atoms with van der Waals surface area (Å²) in [7, 11) is 0. The number of amides is 2. The molecule has 0 bridgehead atoms. The summed E-state index contributed by atoms with van der Waals surface area (Å²) < 4.78 is 5.03. The monoisotopic (exact) mass is 370 g/mol. The second kappa shape index (κ2) is 8.81. The van der Waals surface area contributed by atoms with Crippen LogP contribution in [0, 0.1) is 6.92 Å². The normalized spacial score (nSPS) is 16.1. The van der Waals surface area contributed by atoms with E-state index in [1.165, 1.54) is 5.56 Å². The second-order valence-electron chi connectivity index (χ2n) is 6.90. The Balaban J connectivity index is 1.43. The lowest BCUT2D eigenvalue weighted by atomic mass is 10.1. The van der Waals surface area contributed by atoms with E-state index in [9.17, 15) is 9.59 Å². The Morgan fingerprint density at radius 3 is 2.52 bits per heavy atom. The van der Waals surface area contributed by atoms with Crippen LogP contribution in [0.25, 0.3) is 0 Å². The predicted octanol–water partition coefficient (Wildman–Crippen LogP) is 2.09. The average molecular weight is 370 g/mol. The van der Waals surface area contributed by atoms with Gasteiger partial charge in [-0.1, -0.05) is 35.5 Å². The van der Waals surface area contributed by atoms with Crippen LogP contribution in [0.1, 0.15) is 24.6 Å². The molecule has 144 valence electrons. The van der Waals surface area contributed by atoms with Gasteiger partial charge in [-0.3, -0.25) is 19.8 Å². The van der Waals surface area contributed by atoms with Gasteiger partial charge >= 0.3 is 0 Å². The molecule has 2 aromatic rings. The van der Waals surface area contributed by atoms with Crippen LogP contribution < -0.4 is 5.32 Å². The third-order valence-corrected chi connectivity index (χ3v) is 4.94. The van der Waals surface area contributed by atoms with Crippen LogP contribution in [-0.4, -0.2) is 59.0 Å². The summed E-state index contributed by atoms with van der Waals surface area (Å²) in [5.74, 6) is 0.404. The van der Waals surface area contributed by atoms with Gasteiger partial charge < -0.3 is 9.42 Å². The van der Waals surface area contributed by atoms with Gasteiger partial charge in [0.1, 0.15) is 0 Å². The van der Waals surface area contributed by atoms with Crippen molar-refractivity contribution >= 4 is 17.7 Å². The van der Waals surface area contributed by atoms with Crippen molar-refractivity contribution in [3.8, 4) is 0 Å². The fourth-order valence-electron chi connectivity index (χ4n) is 3.23. The maximum absolute atomic E-state index is 12.4. The maximum Gasteiger partial charge on any atom is 0.243 e. The Hall–Kier alpha value is -2.67. The molecule has 1 aromatic carbocycles. The quantitative estimate of drug-likeness (QED) is 0.842. The predicted molar refractivity (Wildman–Crippen MR) is 102 cm³/mol. The zero-order valence-corrected chi connectivity index (χ0v) is 15.9. The molecule has 0 saturated carbocycles. The van der Waals surface area contributed by atoms with E-state index >= 15 is 0 Å². The highest BCUT2D eigenvalue weighted by molar-refractivity contribution is 5.93. The first-order valence-corrected chi connectivity index (χ1v) is 9.33. The van der Waals surface area contributed by atoms with E-state index in [0.717, 1.165) is 12.1 Å². The number of nitrogens with zero attached hydrogens (tertiary/aromatic N) is 3. The molecule has 0 aliphatic carbocycles. The van der Waals surface area contributed by atoms with E-state index in [4.69, 9.17) is 4.52 Å². The van der Waals surface area contributed by atoms with E-state index in [0.29, 0.717) is 38.5 Å². The van der Waals surface area contributed by atoms with Gasteiger partial charge in [0.15, 0.2) is 0 Å². The van der Waals surface area contributed by atoms with Crippen molar-refractivity contribution in [1.82, 2.24) is 15.0 Å². The molecule has 2 heterocycles. The van der Waals surface area contributed by atoms with Gasteiger partial charge in [0.05, 0.1) is 11.7 Å². The molecule has 0 spiro atoms. The lowest BCUT2D eigenvalue weighted by Crippen LogP contribution is -2.54. The highest BCUT2D eigenvalue weighted by Gasteiger charge is 2.27. The summed E-state index contributed by atoms with van der Waals surface area (Å²) in [6, 6.07) is 11.4. The molecule has 0 radical (unpaired) electrons. The van der Waals surface area contributed by atoms with Crippen molar-refractivity contribution in [3.05, 3.63) is 47.7 Å². The molecule has 1 aliphatic rings. The van der Waals surface area contributed by atoms with Crippen LogP contribution in [-0.2, 0) is 16.0 Å². The minimum absolute atomic E-state index is 0.130. The van der Waals surface area contributed by atoms with Crippen LogP contribution in [0.2, 0.25) is 0 Å². The number of hydrogen-bond acceptors (Lipinski definition) is 5. The fraction of sp³-hybridized carbons (Fsp3) is 0.450. The van der Waals surface area contributed by atoms with Gasteiger partial charge in [0.25, 0.3) is 0 Å². The van der Waals surface area contributed by atoms with Crippen LogP contribution in [0.3, 0.4) is 0 Å². The van der Waals surface area contributed by atoms with Crippen molar-refractivity contribution in [2.75, 3.05) is 31.5 Å². The Bertz CT molecular complexity index is 767. The molecule has 3 rings (SSSR count). The van der Waals surface area contributed by atoms with Crippen molar-refractivity contribution in [2.45, 2.75) is 32.7 Å². The average Bonchev–Trinajstić information content (AvgIpc) is 3.11. The first-order valence-electron chi connectivity index (χ1n) is 9.33. The first-order chi connectivity index (χ1) is 13.0. The van der Waals surface area contributed by atoms with Gasteiger partial charge in [-0.05, 0) is 25.8 Å². The smallest absolute Gasteiger partial charge is 0.243 e. The standard InChI is InChI=1S/C20H26N4O3/c1-15-14-18(27-22-15)21-20(26)16(2)23-10-12-24(13-11-23)19(25)9-8-17-6-4-3-5-7-17/h3-7,14,16H,8-13H2,1-2H3,(H,21,26)/t16-/m1/s1. The highest BCUT2D eigenvalue weighted by Crippen LogP contribution is 2.13. The highest BCUT2D eigenvalue weighted by atomic mass is 16.5. The van der Waals surface area contributed by atoms with E-state index < -0.39 is 0 Å². The molecule has 7 nitrogen and oxygen atoms in total. The number of anilines is 1. The molecule has 27 heavy (non-hydrogen) atoms. The first kappa shape index (κ1) is 19.1. The SMILES string of the molecule is Cc1cc(NC(=O)[C@@H](C)N2CCN(C(=O)CCc3ccccc3)CC2)on1. The molecule has 1 saturated heterocycles. The molecule has 1 N–H and O–H groups in total. The van der Waals surface area contributed by atoms with Crippen LogP contribution in [0.15, 0.2) is 40.9 Å². The van der Waals surface area contributed by atoms with Crippen LogP contribution in [0.5, 0.6) is 0 Å². The number of aryl methyl sites for hydroxylation is 2. The molecule has 1 aliphatic heterocycles. The molecule has 1 aromatic heterocycles. The number of piperazine rings is 1. The van der Waals surface area contributed by atoms with Crippen molar-refractivity contribution in [3.63, 3.8) is 0 Å². The zero-order chi connectivity index (χ0) is 19.2. The van der Waals surface area contributed by atoms with Gasteiger partial charge in [-0.2, -0.15) is 0 Å². The number of carbonyl (C=O) groups excluding carboxylic acids is 2. The molecular weight excluding hydrogens is 344 g/mol. The summed E-state index contributed by atoms with van der Waals surface area (Å²) in [5.41, 5.74) is 1.90. The summed E-state index contributed by atoms with van der Waals surface area (Å²) in [4.78, 5) is 28.8. The third kappa shape index (κ3) is 5.17. The fourth-order valence-corrected chi connectivity index (χ4v) is 3.23. The topological polar surface area (TPSA) is 78.7 Å². The molecule has 1 fully saturated rings. The van der Waals surface area contributed by atoms with E-state index in [1.807, 2.05) is 42.2 Å². The second-order valence-corrected chi connectivity index (χ2v) is 6.90. The summed E-state index contributed by atoms with van der Waals surface area (Å²) in [6.45, 7) is 6.32. The van der Waals surface area contributed by atoms with E-state index in [-0.39, 0.29) is 17.9 Å². The van der Waals surface area contributed by atoms with Crippen LogP contribution >= 0.6 is 0 Å². The van der Waals surface area contributed by atoms with Crippen molar-refractivity contribution in [2.24, 2.45) is 0 Å². The van der Waals surface area contributed by atoms with Gasteiger partial charge in [-0.15, -0.1) is 0 Å². The number of carbonyl (C=O) groups is 2. The Labute approximate surface area is 159 Å². The number of benzene rings is 1. The Kier molecular flexibility index (Phi) is 6.24. The van der Waals surface area contributed by atoms with Gasteiger partial charge in [0.2, 0.25) is 17.7 Å². The zero-order valence-electron chi connectivity index (χ0n) is 15.9.